The smallest absolute Gasteiger partial charge is 0.429 e. The van der Waals surface area contributed by atoms with Crippen LogP contribution < -0.4 is 9.47 Å². The molecule has 26 heavy (non-hydrogen) atoms. The van der Waals surface area contributed by atoms with E-state index in [4.69, 9.17) is 4.74 Å². The molecule has 1 aliphatic heterocycles. The van der Waals surface area contributed by atoms with E-state index >= 15 is 0 Å². The van der Waals surface area contributed by atoms with E-state index in [1.165, 1.54) is 12.1 Å². The van der Waals surface area contributed by atoms with E-state index in [1.54, 1.807) is 6.92 Å². The van der Waals surface area contributed by atoms with Crippen molar-refractivity contribution >= 4 is 0 Å². The first-order valence-corrected chi connectivity index (χ1v) is 7.76. The van der Waals surface area contributed by atoms with Crippen molar-refractivity contribution in [3.05, 3.63) is 58.9 Å². The maximum atomic E-state index is 14.2. The molecule has 1 unspecified atom stereocenters. The van der Waals surface area contributed by atoms with Crippen molar-refractivity contribution in [2.24, 2.45) is 0 Å². The molecule has 1 atom stereocenters. The van der Waals surface area contributed by atoms with Crippen LogP contribution in [0.2, 0.25) is 0 Å². The van der Waals surface area contributed by atoms with E-state index in [0.29, 0.717) is 11.1 Å². The number of alkyl halides is 5. The zero-order chi connectivity index (χ0) is 19.1. The molecule has 0 amide bonds. The van der Waals surface area contributed by atoms with Gasteiger partial charge in [-0.25, -0.2) is 4.39 Å². The minimum Gasteiger partial charge on any atom is -0.481 e. The van der Waals surface area contributed by atoms with Crippen LogP contribution >= 0.6 is 0 Å². The summed E-state index contributed by atoms with van der Waals surface area (Å²) in [6, 6.07) is 6.61. The summed E-state index contributed by atoms with van der Waals surface area (Å²) in [5.74, 6) is -1.43. The molecule has 2 aromatic carbocycles. The monoisotopic (exact) mass is 376 g/mol. The maximum Gasteiger partial charge on any atom is 0.429 e. The lowest BCUT2D eigenvalue weighted by atomic mass is 10.0. The van der Waals surface area contributed by atoms with Gasteiger partial charge < -0.3 is 9.47 Å². The number of ether oxygens (including phenoxy) is 2. The van der Waals surface area contributed by atoms with Gasteiger partial charge in [0.2, 0.25) is 0 Å². The highest BCUT2D eigenvalue weighted by Crippen LogP contribution is 2.39. The van der Waals surface area contributed by atoms with Crippen LogP contribution in [0.5, 0.6) is 11.5 Å². The third kappa shape index (κ3) is 3.73. The SMILES string of the molecule is Cc1ccc(C(F)(F)Oc2ccc3c(c2)CCC(C(F)(F)F)O3)c(F)c1. The molecule has 0 N–H and O–H groups in total. The van der Waals surface area contributed by atoms with Gasteiger partial charge >= 0.3 is 12.3 Å². The number of hydrogen-bond acceptors (Lipinski definition) is 2. The first-order chi connectivity index (χ1) is 12.1. The molecule has 0 saturated heterocycles. The second-order valence-electron chi connectivity index (χ2n) is 6.06. The number of hydrogen-bond donors (Lipinski definition) is 0. The van der Waals surface area contributed by atoms with Crippen LogP contribution in [0.3, 0.4) is 0 Å². The summed E-state index contributed by atoms with van der Waals surface area (Å²) in [5, 5.41) is 0. The van der Waals surface area contributed by atoms with Crippen molar-refractivity contribution in [1.29, 1.82) is 0 Å². The van der Waals surface area contributed by atoms with E-state index in [1.807, 2.05) is 0 Å². The van der Waals surface area contributed by atoms with Gasteiger partial charge in [0.1, 0.15) is 17.3 Å². The number of aryl methyl sites for hydroxylation is 2. The Morgan fingerprint density at radius 3 is 2.42 bits per heavy atom. The molecular formula is C18H14F6O2. The third-order valence-electron chi connectivity index (χ3n) is 4.03. The van der Waals surface area contributed by atoms with Gasteiger partial charge in [0.25, 0.3) is 0 Å². The Labute approximate surface area is 145 Å². The summed E-state index contributed by atoms with van der Waals surface area (Å²) in [7, 11) is 0. The van der Waals surface area contributed by atoms with E-state index in [9.17, 15) is 26.3 Å². The molecule has 1 heterocycles. The minimum absolute atomic E-state index is 0.00116. The van der Waals surface area contributed by atoms with Crippen molar-refractivity contribution in [3.63, 3.8) is 0 Å². The second kappa shape index (κ2) is 6.41. The number of benzene rings is 2. The van der Waals surface area contributed by atoms with Crippen molar-refractivity contribution in [3.8, 4) is 11.5 Å². The summed E-state index contributed by atoms with van der Waals surface area (Å²) < 4.78 is 89.9. The number of halogens is 6. The lowest BCUT2D eigenvalue weighted by Crippen LogP contribution is -2.37. The Morgan fingerprint density at radius 1 is 1.04 bits per heavy atom. The largest absolute Gasteiger partial charge is 0.481 e. The summed E-state index contributed by atoms with van der Waals surface area (Å²) in [4.78, 5) is 0. The zero-order valence-electron chi connectivity index (χ0n) is 13.5. The molecule has 0 aromatic heterocycles. The van der Waals surface area contributed by atoms with Crippen LogP contribution in [0.1, 0.15) is 23.1 Å². The number of rotatable bonds is 3. The predicted molar refractivity (Wildman–Crippen MR) is 80.9 cm³/mol. The van der Waals surface area contributed by atoms with Crippen molar-refractivity contribution < 1.29 is 35.8 Å². The average molecular weight is 376 g/mol. The van der Waals surface area contributed by atoms with Gasteiger partial charge in [-0.1, -0.05) is 6.07 Å². The van der Waals surface area contributed by atoms with Crippen LogP contribution in [-0.2, 0) is 12.5 Å². The molecule has 0 spiro atoms. The van der Waals surface area contributed by atoms with Gasteiger partial charge in [-0.05, 0) is 61.2 Å². The average Bonchev–Trinajstić information content (AvgIpc) is 2.52. The van der Waals surface area contributed by atoms with Gasteiger partial charge in [-0.2, -0.15) is 22.0 Å². The van der Waals surface area contributed by atoms with Crippen LogP contribution in [0, 0.1) is 12.7 Å². The lowest BCUT2D eigenvalue weighted by molar-refractivity contribution is -0.199. The molecule has 0 saturated carbocycles. The van der Waals surface area contributed by atoms with Gasteiger partial charge in [0.15, 0.2) is 6.10 Å². The van der Waals surface area contributed by atoms with Gasteiger partial charge in [0.05, 0.1) is 5.56 Å². The Kier molecular flexibility index (Phi) is 4.54. The first kappa shape index (κ1) is 18.4. The standard InChI is InChI=1S/C18H14F6O2/c1-10-2-5-13(14(19)8-10)18(23,24)26-12-4-6-15-11(9-12)3-7-16(25-15)17(20,21)22/h2,4-6,8-9,16H,3,7H2,1H3. The molecule has 0 aliphatic carbocycles. The van der Waals surface area contributed by atoms with Gasteiger partial charge in [0, 0.05) is 0 Å². The second-order valence-corrected chi connectivity index (χ2v) is 6.06. The van der Waals surface area contributed by atoms with Crippen LogP contribution in [-0.4, -0.2) is 12.3 Å². The van der Waals surface area contributed by atoms with Crippen molar-refractivity contribution in [1.82, 2.24) is 0 Å². The van der Waals surface area contributed by atoms with E-state index < -0.39 is 29.8 Å². The highest BCUT2D eigenvalue weighted by atomic mass is 19.4. The fourth-order valence-electron chi connectivity index (χ4n) is 2.72. The molecule has 0 bridgehead atoms. The third-order valence-corrected chi connectivity index (χ3v) is 4.03. The maximum absolute atomic E-state index is 14.2. The summed E-state index contributed by atoms with van der Waals surface area (Å²) in [5.41, 5.74) is -0.121. The van der Waals surface area contributed by atoms with Crippen LogP contribution in [0.25, 0.3) is 0 Å². The summed E-state index contributed by atoms with van der Waals surface area (Å²) in [6.07, 6.45) is -10.7. The Hall–Kier alpha value is -2.38. The molecule has 2 nitrogen and oxygen atoms in total. The minimum atomic E-state index is -4.50. The molecule has 8 heteroatoms. The normalized spacial score (nSPS) is 17.4. The van der Waals surface area contributed by atoms with Crippen LogP contribution in [0.4, 0.5) is 26.3 Å². The van der Waals surface area contributed by atoms with Crippen LogP contribution in [0.15, 0.2) is 36.4 Å². The molecule has 140 valence electrons. The molecule has 0 radical (unpaired) electrons. The van der Waals surface area contributed by atoms with Crippen molar-refractivity contribution in [2.45, 2.75) is 38.2 Å². The Bertz CT molecular complexity index is 816. The van der Waals surface area contributed by atoms with E-state index in [2.05, 4.69) is 4.74 Å². The molecule has 3 rings (SSSR count). The topological polar surface area (TPSA) is 18.5 Å². The van der Waals surface area contributed by atoms with Gasteiger partial charge in [-0.15, -0.1) is 0 Å². The lowest BCUT2D eigenvalue weighted by Gasteiger charge is -2.28. The fourth-order valence-corrected chi connectivity index (χ4v) is 2.72. The highest BCUT2D eigenvalue weighted by molar-refractivity contribution is 5.42. The molecule has 0 fully saturated rings. The predicted octanol–water partition coefficient (Wildman–Crippen LogP) is 5.52. The molecule has 1 aliphatic rings. The van der Waals surface area contributed by atoms with E-state index in [0.717, 1.165) is 24.3 Å². The summed E-state index contributed by atoms with van der Waals surface area (Å²) in [6.45, 7) is 1.56. The zero-order valence-corrected chi connectivity index (χ0v) is 13.5. The highest BCUT2D eigenvalue weighted by Gasteiger charge is 2.43. The number of fused-ring (bicyclic) bond motifs is 1. The quantitative estimate of drug-likeness (QED) is 0.657. The van der Waals surface area contributed by atoms with E-state index in [-0.39, 0.29) is 24.3 Å². The van der Waals surface area contributed by atoms with Gasteiger partial charge in [-0.3, -0.25) is 0 Å². The fraction of sp³-hybridized carbons (Fsp3) is 0.333. The molecule has 2 aromatic rings. The summed E-state index contributed by atoms with van der Waals surface area (Å²) >= 11 is 0. The Balaban J connectivity index is 1.81. The first-order valence-electron chi connectivity index (χ1n) is 7.76. The Morgan fingerprint density at radius 2 is 1.77 bits per heavy atom. The molecular weight excluding hydrogens is 362 g/mol. The van der Waals surface area contributed by atoms with Crippen molar-refractivity contribution in [2.75, 3.05) is 0 Å².